The van der Waals surface area contributed by atoms with E-state index in [-0.39, 0.29) is 15.9 Å². The highest BCUT2D eigenvalue weighted by molar-refractivity contribution is 9.10. The number of benzene rings is 1. The van der Waals surface area contributed by atoms with Gasteiger partial charge in [-0.2, -0.15) is 0 Å². The molecular weight excluding hydrogens is 358 g/mol. The molecule has 0 saturated heterocycles. The third-order valence-electron chi connectivity index (χ3n) is 4.10. The summed E-state index contributed by atoms with van der Waals surface area (Å²) in [6.07, 6.45) is 2.99. The Bertz CT molecular complexity index is 680. The highest BCUT2D eigenvalue weighted by Crippen LogP contribution is 2.48. The Hall–Kier alpha value is -0.920. The van der Waals surface area contributed by atoms with E-state index in [4.69, 9.17) is 5.11 Å². The molecule has 0 amide bonds. The van der Waals surface area contributed by atoms with Crippen LogP contribution in [0.1, 0.15) is 42.1 Å². The lowest BCUT2D eigenvalue weighted by atomic mass is 10.1. The van der Waals surface area contributed by atoms with Gasteiger partial charge in [-0.25, -0.2) is 17.9 Å². The minimum absolute atomic E-state index is 0.0215. The van der Waals surface area contributed by atoms with Gasteiger partial charge in [0.1, 0.15) is 0 Å². The van der Waals surface area contributed by atoms with E-state index >= 15 is 0 Å². The van der Waals surface area contributed by atoms with Crippen molar-refractivity contribution < 1.29 is 18.3 Å². The number of nitrogens with one attached hydrogen (secondary N) is 1. The van der Waals surface area contributed by atoms with Crippen molar-refractivity contribution >= 4 is 31.9 Å². The van der Waals surface area contributed by atoms with Crippen LogP contribution in [0.5, 0.6) is 0 Å². The molecule has 1 aromatic carbocycles. The molecule has 21 heavy (non-hydrogen) atoms. The van der Waals surface area contributed by atoms with E-state index in [1.54, 1.807) is 6.92 Å². The molecule has 1 saturated carbocycles. The lowest BCUT2D eigenvalue weighted by molar-refractivity contribution is 0.0696. The van der Waals surface area contributed by atoms with E-state index in [9.17, 15) is 13.2 Å². The highest BCUT2D eigenvalue weighted by atomic mass is 79.9. The molecule has 5 nitrogen and oxygen atoms in total. The van der Waals surface area contributed by atoms with Crippen LogP contribution in [0.4, 0.5) is 0 Å². The zero-order valence-corrected chi connectivity index (χ0v) is 14.3. The predicted molar refractivity (Wildman–Crippen MR) is 83.0 cm³/mol. The van der Waals surface area contributed by atoms with E-state index in [2.05, 4.69) is 20.7 Å². The second-order valence-corrected chi connectivity index (χ2v) is 8.12. The summed E-state index contributed by atoms with van der Waals surface area (Å²) in [5.74, 6) is -1.14. The van der Waals surface area contributed by atoms with E-state index in [0.717, 1.165) is 19.3 Å². The summed E-state index contributed by atoms with van der Waals surface area (Å²) in [7, 11) is -3.73. The molecule has 1 aliphatic rings. The molecule has 0 aliphatic heterocycles. The van der Waals surface area contributed by atoms with Crippen LogP contribution in [0.15, 0.2) is 21.5 Å². The maximum Gasteiger partial charge on any atom is 0.335 e. The first kappa shape index (κ1) is 16.5. The standard InChI is InChI=1S/C14H18BrNO4S/c1-3-14(4-5-14)8-16-21(19,20)11-7-10(13(17)18)6-9(2)12(11)15/h6-7,16H,3-5,8H2,1-2H3,(H,17,18). The smallest absolute Gasteiger partial charge is 0.335 e. The van der Waals surface area contributed by atoms with Gasteiger partial charge in [0.05, 0.1) is 10.5 Å². The van der Waals surface area contributed by atoms with Gasteiger partial charge < -0.3 is 5.11 Å². The lowest BCUT2D eigenvalue weighted by Gasteiger charge is -2.15. The Balaban J connectivity index is 2.33. The van der Waals surface area contributed by atoms with Crippen LogP contribution in [-0.4, -0.2) is 26.0 Å². The largest absolute Gasteiger partial charge is 0.478 e. The summed E-state index contributed by atoms with van der Waals surface area (Å²) in [6, 6.07) is 2.63. The lowest BCUT2D eigenvalue weighted by Crippen LogP contribution is -2.30. The van der Waals surface area contributed by atoms with Gasteiger partial charge in [-0.1, -0.05) is 6.92 Å². The van der Waals surface area contributed by atoms with Crippen LogP contribution in [0, 0.1) is 12.3 Å². The average molecular weight is 376 g/mol. The molecule has 116 valence electrons. The number of carboxylic acids is 1. The van der Waals surface area contributed by atoms with Gasteiger partial charge in [0.2, 0.25) is 10.0 Å². The van der Waals surface area contributed by atoms with Crippen molar-refractivity contribution in [3.05, 3.63) is 27.7 Å². The number of aryl methyl sites for hydroxylation is 1. The van der Waals surface area contributed by atoms with E-state index < -0.39 is 16.0 Å². The van der Waals surface area contributed by atoms with Crippen molar-refractivity contribution in [1.82, 2.24) is 4.72 Å². The van der Waals surface area contributed by atoms with Crippen molar-refractivity contribution in [2.45, 2.75) is 38.0 Å². The predicted octanol–water partition coefficient (Wildman–Crippen LogP) is 2.92. The number of carboxylic acid groups (broad SMARTS) is 1. The van der Waals surface area contributed by atoms with Crippen LogP contribution in [0.2, 0.25) is 0 Å². The normalized spacial score (nSPS) is 16.7. The highest BCUT2D eigenvalue weighted by Gasteiger charge is 2.41. The first-order valence-electron chi connectivity index (χ1n) is 6.74. The summed E-state index contributed by atoms with van der Waals surface area (Å²) in [5, 5.41) is 9.07. The molecule has 0 unspecified atom stereocenters. The number of aromatic carboxylic acids is 1. The maximum atomic E-state index is 12.4. The topological polar surface area (TPSA) is 83.5 Å². The monoisotopic (exact) mass is 375 g/mol. The molecule has 0 spiro atoms. The molecule has 2 N–H and O–H groups in total. The minimum Gasteiger partial charge on any atom is -0.478 e. The minimum atomic E-state index is -3.73. The third-order valence-corrected chi connectivity index (χ3v) is 6.84. The van der Waals surface area contributed by atoms with Crippen LogP contribution in [-0.2, 0) is 10.0 Å². The fourth-order valence-electron chi connectivity index (χ4n) is 2.21. The third kappa shape index (κ3) is 3.46. The van der Waals surface area contributed by atoms with Gasteiger partial charge in [-0.3, -0.25) is 0 Å². The number of hydrogen-bond acceptors (Lipinski definition) is 3. The molecule has 1 fully saturated rings. The summed E-state index contributed by atoms with van der Waals surface area (Å²) in [4.78, 5) is 11.1. The van der Waals surface area contributed by atoms with Gasteiger partial charge in [-0.15, -0.1) is 0 Å². The van der Waals surface area contributed by atoms with E-state index in [1.165, 1.54) is 12.1 Å². The number of rotatable bonds is 6. The Kier molecular flexibility index (Phi) is 4.46. The summed E-state index contributed by atoms with van der Waals surface area (Å²) >= 11 is 3.24. The molecule has 1 aliphatic carbocycles. The Morgan fingerprint density at radius 3 is 2.52 bits per heavy atom. The number of halogens is 1. The molecule has 0 atom stereocenters. The summed E-state index contributed by atoms with van der Waals surface area (Å²) in [5.41, 5.74) is 0.624. The first-order chi connectivity index (χ1) is 9.71. The Morgan fingerprint density at radius 1 is 1.43 bits per heavy atom. The summed E-state index contributed by atoms with van der Waals surface area (Å²) < 4.78 is 27.9. The zero-order chi connectivity index (χ0) is 15.8. The van der Waals surface area contributed by atoms with Gasteiger partial charge in [0.25, 0.3) is 0 Å². The number of sulfonamides is 1. The van der Waals surface area contributed by atoms with E-state index in [1.807, 2.05) is 6.92 Å². The Morgan fingerprint density at radius 2 is 2.05 bits per heavy atom. The number of hydrogen-bond donors (Lipinski definition) is 2. The second kappa shape index (κ2) is 5.70. The van der Waals surface area contributed by atoms with Crippen LogP contribution in [0.25, 0.3) is 0 Å². The van der Waals surface area contributed by atoms with Crippen molar-refractivity contribution in [2.75, 3.05) is 6.54 Å². The van der Waals surface area contributed by atoms with Gasteiger partial charge >= 0.3 is 5.97 Å². The fraction of sp³-hybridized carbons (Fsp3) is 0.500. The number of carbonyl (C=O) groups is 1. The van der Waals surface area contributed by atoms with Crippen molar-refractivity contribution in [3.8, 4) is 0 Å². The second-order valence-electron chi connectivity index (χ2n) is 5.59. The fourth-order valence-corrected chi connectivity index (χ4v) is 4.41. The summed E-state index contributed by atoms with van der Waals surface area (Å²) in [6.45, 7) is 4.12. The Labute approximate surface area is 132 Å². The average Bonchev–Trinajstić information content (AvgIpc) is 3.20. The van der Waals surface area contributed by atoms with Crippen LogP contribution < -0.4 is 4.72 Å². The molecule has 0 heterocycles. The molecular formula is C14H18BrNO4S. The van der Waals surface area contributed by atoms with Gasteiger partial charge in [0, 0.05) is 11.0 Å². The SMILES string of the molecule is CCC1(CNS(=O)(=O)c2cc(C(=O)O)cc(C)c2Br)CC1. The molecule has 7 heteroatoms. The van der Waals surface area contributed by atoms with Crippen LogP contribution in [0.3, 0.4) is 0 Å². The maximum absolute atomic E-state index is 12.4. The molecule has 0 aromatic heterocycles. The quantitative estimate of drug-likeness (QED) is 0.800. The zero-order valence-electron chi connectivity index (χ0n) is 11.9. The molecule has 2 rings (SSSR count). The molecule has 0 bridgehead atoms. The van der Waals surface area contributed by atoms with Crippen LogP contribution >= 0.6 is 15.9 Å². The van der Waals surface area contributed by atoms with Gasteiger partial charge in [0.15, 0.2) is 0 Å². The van der Waals surface area contributed by atoms with Crippen molar-refractivity contribution in [3.63, 3.8) is 0 Å². The molecule has 1 aromatic rings. The molecule has 0 radical (unpaired) electrons. The van der Waals surface area contributed by atoms with E-state index in [0.29, 0.717) is 16.6 Å². The van der Waals surface area contributed by atoms with Crippen molar-refractivity contribution in [2.24, 2.45) is 5.41 Å². The van der Waals surface area contributed by atoms with Gasteiger partial charge in [-0.05, 0) is 65.2 Å². The van der Waals surface area contributed by atoms with Crippen molar-refractivity contribution in [1.29, 1.82) is 0 Å². The first-order valence-corrected chi connectivity index (χ1v) is 9.01.